The van der Waals surface area contributed by atoms with Gasteiger partial charge in [0.25, 0.3) is 0 Å². The highest BCUT2D eigenvalue weighted by molar-refractivity contribution is 14.1. The highest BCUT2D eigenvalue weighted by Gasteiger charge is 1.87. The Labute approximate surface area is 67.3 Å². The summed E-state index contributed by atoms with van der Waals surface area (Å²) in [5.41, 5.74) is 0. The van der Waals surface area contributed by atoms with Gasteiger partial charge in [-0.05, 0) is 13.0 Å². The van der Waals surface area contributed by atoms with Gasteiger partial charge in [0.1, 0.15) is 0 Å². The lowest BCUT2D eigenvalue weighted by Crippen LogP contribution is -2.15. The molecule has 0 rings (SSSR count). The number of hydroxylamine groups is 2. The predicted octanol–water partition coefficient (Wildman–Crippen LogP) is 1.34. The lowest BCUT2D eigenvalue weighted by Gasteiger charge is -2.23. The Morgan fingerprint density at radius 2 is 2.33 bits per heavy atom. The fourth-order valence-electron chi connectivity index (χ4n) is 0.371. The van der Waals surface area contributed by atoms with Crippen molar-refractivity contribution in [3.05, 3.63) is 10.1 Å². The zero-order valence-electron chi connectivity index (χ0n) is 4.92. The van der Waals surface area contributed by atoms with E-state index in [0.29, 0.717) is 17.5 Å². The monoisotopic (exact) mass is 243 g/mol. The summed E-state index contributed by atoms with van der Waals surface area (Å²) in [4.78, 5) is 9.50. The fraction of sp³-hybridized carbons (Fsp3) is 1.00. The van der Waals surface area contributed by atoms with Crippen molar-refractivity contribution in [1.29, 1.82) is 0 Å². The van der Waals surface area contributed by atoms with Crippen molar-refractivity contribution in [3.63, 3.8) is 0 Å². The number of nitroso groups, excluding NO2 is 1. The molecule has 0 aliphatic heterocycles. The maximum Gasteiger partial charge on any atom is 0.0823 e. The second kappa shape index (κ2) is 6.37. The molecule has 0 spiro atoms. The zero-order valence-corrected chi connectivity index (χ0v) is 7.07. The van der Waals surface area contributed by atoms with Crippen LogP contribution in [-0.4, -0.2) is 22.7 Å². The maximum absolute atomic E-state index is 10.5. The molecule has 5 heteroatoms. The van der Waals surface area contributed by atoms with Crippen LogP contribution in [0.4, 0.5) is 0 Å². The molecule has 0 radical (unpaired) electrons. The molecule has 0 aromatic rings. The molecule has 0 aromatic heterocycles. The van der Waals surface area contributed by atoms with Crippen LogP contribution in [0.15, 0.2) is 5.18 Å². The summed E-state index contributed by atoms with van der Waals surface area (Å²) in [6.07, 6.45) is 0.565. The van der Waals surface area contributed by atoms with Gasteiger partial charge >= 0.3 is 0 Å². The molecule has 0 aromatic carbocycles. The van der Waals surface area contributed by atoms with Crippen molar-refractivity contribution < 1.29 is 0 Å². The Bertz CT molecular complexity index is 81.0. The average Bonchev–Trinajstić information content (AvgIpc) is 1.89. The van der Waals surface area contributed by atoms with Crippen LogP contribution < -0.4 is 0 Å². The summed E-state index contributed by atoms with van der Waals surface area (Å²) in [6.45, 7) is 0.657. The Morgan fingerprint density at radius 3 is 2.78 bits per heavy atom. The van der Waals surface area contributed by atoms with Crippen molar-refractivity contribution in [2.75, 3.05) is 17.6 Å². The molecular weight excluding hydrogens is 235 g/mol. The van der Waals surface area contributed by atoms with E-state index in [1.807, 2.05) is 22.6 Å². The van der Waals surface area contributed by atoms with E-state index in [4.69, 9.17) is 0 Å². The van der Waals surface area contributed by atoms with Gasteiger partial charge in [0.2, 0.25) is 0 Å². The molecular formula is C4H8IN2O2-. The van der Waals surface area contributed by atoms with E-state index in [-0.39, 0.29) is 6.54 Å². The van der Waals surface area contributed by atoms with Crippen molar-refractivity contribution in [3.8, 4) is 0 Å². The Balaban J connectivity index is 2.96. The second-order valence-electron chi connectivity index (χ2n) is 1.53. The summed E-state index contributed by atoms with van der Waals surface area (Å²) in [5.74, 6) is 0. The molecule has 0 saturated carbocycles. The lowest BCUT2D eigenvalue weighted by molar-refractivity contribution is 0.442. The second-order valence-corrected chi connectivity index (χ2v) is 2.21. The Morgan fingerprint density at radius 1 is 1.67 bits per heavy atom. The number of hydrogen-bond donors (Lipinski definition) is 0. The molecule has 0 saturated heterocycles. The quantitative estimate of drug-likeness (QED) is 0.183. The molecule has 0 aliphatic rings. The first-order chi connectivity index (χ1) is 4.31. The highest BCUT2D eigenvalue weighted by Crippen LogP contribution is 1.92. The van der Waals surface area contributed by atoms with E-state index in [1.54, 1.807) is 0 Å². The molecule has 0 heterocycles. The average molecular weight is 243 g/mol. The topological polar surface area (TPSA) is 55.7 Å². The molecule has 0 unspecified atom stereocenters. The van der Waals surface area contributed by atoms with Gasteiger partial charge in [-0.3, -0.25) is 0 Å². The van der Waals surface area contributed by atoms with Gasteiger partial charge in [0, 0.05) is 4.55 Å². The van der Waals surface area contributed by atoms with E-state index in [9.17, 15) is 10.1 Å². The fourth-order valence-corrected chi connectivity index (χ4v) is 0.713. The Hall–Kier alpha value is 0.250. The third kappa shape index (κ3) is 6.13. The van der Waals surface area contributed by atoms with E-state index in [0.717, 1.165) is 5.06 Å². The number of rotatable bonds is 5. The van der Waals surface area contributed by atoms with Gasteiger partial charge in [-0.15, -0.1) is 0 Å². The van der Waals surface area contributed by atoms with Gasteiger partial charge in [0.15, 0.2) is 0 Å². The van der Waals surface area contributed by atoms with Crippen molar-refractivity contribution in [2.45, 2.75) is 6.42 Å². The Kier molecular flexibility index (Phi) is 6.55. The molecule has 0 N–H and O–H groups in total. The van der Waals surface area contributed by atoms with Crippen molar-refractivity contribution in [2.24, 2.45) is 5.18 Å². The van der Waals surface area contributed by atoms with Crippen molar-refractivity contribution in [1.82, 2.24) is 5.06 Å². The summed E-state index contributed by atoms with van der Waals surface area (Å²) >= 11 is 1.97. The molecule has 0 bridgehead atoms. The van der Waals surface area contributed by atoms with Crippen LogP contribution in [0.2, 0.25) is 0 Å². The first-order valence-corrected chi connectivity index (χ1v) is 4.11. The number of hydrogen-bond acceptors (Lipinski definition) is 4. The minimum absolute atomic E-state index is 0.245. The third-order valence-electron chi connectivity index (χ3n) is 0.790. The molecule has 0 atom stereocenters. The van der Waals surface area contributed by atoms with Crippen LogP contribution in [0.25, 0.3) is 0 Å². The minimum atomic E-state index is 0.245. The smallest absolute Gasteiger partial charge is 0.0823 e. The van der Waals surface area contributed by atoms with Gasteiger partial charge in [-0.1, -0.05) is 27.8 Å². The molecule has 4 nitrogen and oxygen atoms in total. The van der Waals surface area contributed by atoms with Crippen LogP contribution in [-0.2, 0) is 0 Å². The summed E-state index contributed by atoms with van der Waals surface area (Å²) in [5, 5.41) is 14.0. The standard InChI is InChI=1S/C4H8IN2O2/c5-4-7(9)3-1-2-6-8/h1-4H2/q-1. The number of alkyl halides is 1. The predicted molar refractivity (Wildman–Crippen MR) is 44.2 cm³/mol. The van der Waals surface area contributed by atoms with E-state index >= 15 is 0 Å². The molecule has 0 aliphatic carbocycles. The zero-order chi connectivity index (χ0) is 7.11. The summed E-state index contributed by atoms with van der Waals surface area (Å²) in [6, 6.07) is 0. The van der Waals surface area contributed by atoms with Crippen LogP contribution in [0, 0.1) is 10.1 Å². The maximum atomic E-state index is 10.5. The first kappa shape index (κ1) is 9.25. The molecule has 54 valence electrons. The molecule has 0 amide bonds. The van der Waals surface area contributed by atoms with E-state index in [1.165, 1.54) is 0 Å². The van der Waals surface area contributed by atoms with Crippen LogP contribution >= 0.6 is 22.6 Å². The summed E-state index contributed by atoms with van der Waals surface area (Å²) < 4.78 is 0.455. The van der Waals surface area contributed by atoms with Crippen LogP contribution in [0.5, 0.6) is 0 Å². The summed E-state index contributed by atoms with van der Waals surface area (Å²) in [7, 11) is 0. The van der Waals surface area contributed by atoms with Crippen LogP contribution in [0.3, 0.4) is 0 Å². The number of nitrogens with zero attached hydrogens (tertiary/aromatic N) is 2. The third-order valence-corrected chi connectivity index (χ3v) is 1.55. The van der Waals surface area contributed by atoms with Crippen molar-refractivity contribution >= 4 is 22.6 Å². The first-order valence-electron chi connectivity index (χ1n) is 2.58. The van der Waals surface area contributed by atoms with Gasteiger partial charge < -0.3 is 10.3 Å². The molecule has 9 heavy (non-hydrogen) atoms. The molecule has 0 fully saturated rings. The lowest BCUT2D eigenvalue weighted by atomic mass is 10.4. The van der Waals surface area contributed by atoms with E-state index in [2.05, 4.69) is 5.18 Å². The van der Waals surface area contributed by atoms with Gasteiger partial charge in [0.05, 0.1) is 6.54 Å². The van der Waals surface area contributed by atoms with Gasteiger partial charge in [-0.25, -0.2) is 0 Å². The minimum Gasteiger partial charge on any atom is -0.785 e. The highest BCUT2D eigenvalue weighted by atomic mass is 127. The number of halogens is 1. The normalized spacial score (nSPS) is 10.1. The van der Waals surface area contributed by atoms with E-state index < -0.39 is 0 Å². The largest absolute Gasteiger partial charge is 0.785 e. The van der Waals surface area contributed by atoms with Crippen LogP contribution in [0.1, 0.15) is 6.42 Å². The SMILES string of the molecule is O=NCCCN([O-])CI. The van der Waals surface area contributed by atoms with Gasteiger partial charge in [-0.2, -0.15) is 4.91 Å².